The van der Waals surface area contributed by atoms with Crippen molar-refractivity contribution < 1.29 is 57.2 Å². The first-order valence-electron chi connectivity index (χ1n) is 8.04. The highest BCUT2D eigenvalue weighted by molar-refractivity contribution is 5.93. The fourth-order valence-electron chi connectivity index (χ4n) is 1.38. The zero-order valence-corrected chi connectivity index (χ0v) is 16.4. The van der Waals surface area contributed by atoms with E-state index in [1.54, 1.807) is 0 Å². The van der Waals surface area contributed by atoms with Gasteiger partial charge in [0.2, 0.25) is 0 Å². The second kappa shape index (κ2) is 15.0. The molecule has 1 unspecified atom stereocenters. The summed E-state index contributed by atoms with van der Waals surface area (Å²) in [6.07, 6.45) is 3.41. The summed E-state index contributed by atoms with van der Waals surface area (Å²) in [6.45, 7) is -1.12. The maximum atomic E-state index is 11.7. The van der Waals surface area contributed by atoms with Crippen LogP contribution in [0.15, 0.2) is 36.5 Å². The van der Waals surface area contributed by atoms with E-state index in [2.05, 4.69) is 14.2 Å². The van der Waals surface area contributed by atoms with Gasteiger partial charge in [0.25, 0.3) is 0 Å². The minimum Gasteiger partial charge on any atom is -0.466 e. The zero-order chi connectivity index (χ0) is 22.9. The van der Waals surface area contributed by atoms with Gasteiger partial charge >= 0.3 is 35.8 Å². The van der Waals surface area contributed by atoms with Crippen molar-refractivity contribution in [3.63, 3.8) is 0 Å². The van der Waals surface area contributed by atoms with E-state index in [1.807, 2.05) is 0 Å². The maximum absolute atomic E-state index is 11.7. The Labute approximate surface area is 171 Å². The molecule has 0 N–H and O–H groups in total. The fourth-order valence-corrected chi connectivity index (χ4v) is 1.38. The molecule has 12 heteroatoms. The van der Waals surface area contributed by atoms with Crippen LogP contribution >= 0.6 is 0 Å². The van der Waals surface area contributed by atoms with E-state index in [0.29, 0.717) is 0 Å². The van der Waals surface area contributed by atoms with Gasteiger partial charge in [0.15, 0.2) is 6.10 Å². The molecule has 30 heavy (non-hydrogen) atoms. The quantitative estimate of drug-likeness (QED) is 0.229. The Morgan fingerprint density at radius 2 is 0.833 bits per heavy atom. The van der Waals surface area contributed by atoms with Crippen LogP contribution in [0.2, 0.25) is 0 Å². The lowest BCUT2D eigenvalue weighted by atomic mass is 10.4. The number of hydrogen-bond acceptors (Lipinski definition) is 12. The summed E-state index contributed by atoms with van der Waals surface area (Å²) in [5.41, 5.74) is 0. The van der Waals surface area contributed by atoms with Crippen molar-refractivity contribution >= 4 is 35.8 Å². The number of esters is 6. The maximum Gasteiger partial charge on any atom is 0.331 e. The van der Waals surface area contributed by atoms with Crippen LogP contribution in [-0.4, -0.2) is 76.5 Å². The molecule has 0 aliphatic carbocycles. The normalized spacial score (nSPS) is 11.7. The average molecular weight is 428 g/mol. The molecule has 0 spiro atoms. The van der Waals surface area contributed by atoms with Gasteiger partial charge < -0.3 is 28.4 Å². The van der Waals surface area contributed by atoms with Gasteiger partial charge in [-0.05, 0) is 0 Å². The standard InChI is InChI=1S/C18H20O12/c1-25-13(19)4-7-16(22)28-10-12(30-18(24)9-6-15(21)27-3)11-29-17(23)8-5-14(20)26-2/h4-9,12H,10-11H2,1-3H3/b7-4+,8-5?,9-6?. The highest BCUT2D eigenvalue weighted by Crippen LogP contribution is 2.00. The minimum absolute atomic E-state index is 0.559. The molecule has 0 bridgehead atoms. The van der Waals surface area contributed by atoms with Gasteiger partial charge in [-0.3, -0.25) is 0 Å². The Bertz CT molecular complexity index is 689. The number of hydrogen-bond donors (Lipinski definition) is 0. The zero-order valence-electron chi connectivity index (χ0n) is 16.4. The molecule has 164 valence electrons. The Balaban J connectivity index is 4.92. The first-order chi connectivity index (χ1) is 14.2. The predicted octanol–water partition coefficient (Wildman–Crippen LogP) is -0.828. The lowest BCUT2D eigenvalue weighted by Gasteiger charge is -2.16. The fraction of sp³-hybridized carbons (Fsp3) is 0.333. The Kier molecular flexibility index (Phi) is 13.0. The molecule has 0 aromatic heterocycles. The van der Waals surface area contributed by atoms with Crippen LogP contribution in [0.3, 0.4) is 0 Å². The van der Waals surface area contributed by atoms with Crippen molar-refractivity contribution in [3.8, 4) is 0 Å². The van der Waals surface area contributed by atoms with E-state index >= 15 is 0 Å². The van der Waals surface area contributed by atoms with Crippen LogP contribution in [0, 0.1) is 0 Å². The van der Waals surface area contributed by atoms with E-state index < -0.39 is 55.1 Å². The molecule has 0 amide bonds. The molecule has 0 fully saturated rings. The number of ether oxygens (including phenoxy) is 6. The van der Waals surface area contributed by atoms with Gasteiger partial charge in [0, 0.05) is 36.5 Å². The topological polar surface area (TPSA) is 158 Å². The molecule has 0 aliphatic heterocycles. The summed E-state index contributed by atoms with van der Waals surface area (Å²) in [5.74, 6) is -5.37. The lowest BCUT2D eigenvalue weighted by Crippen LogP contribution is -2.30. The average Bonchev–Trinajstić information content (AvgIpc) is 2.75. The molecule has 0 radical (unpaired) electrons. The smallest absolute Gasteiger partial charge is 0.331 e. The van der Waals surface area contributed by atoms with Crippen LogP contribution in [0.25, 0.3) is 0 Å². The van der Waals surface area contributed by atoms with Gasteiger partial charge in [-0.2, -0.15) is 0 Å². The van der Waals surface area contributed by atoms with Crippen LogP contribution in [0.1, 0.15) is 0 Å². The predicted molar refractivity (Wildman–Crippen MR) is 95.3 cm³/mol. The molecule has 0 rings (SSSR count). The number of carbonyl (C=O) groups excluding carboxylic acids is 6. The van der Waals surface area contributed by atoms with Crippen LogP contribution in [0.5, 0.6) is 0 Å². The SMILES string of the molecule is COC(=O)C=CC(=O)OCC(COC(=O)/C=C/C(=O)OC)OC(=O)C=CC(=O)OC. The molecule has 0 heterocycles. The molecular formula is C18H20O12. The van der Waals surface area contributed by atoms with Crippen LogP contribution in [-0.2, 0) is 57.2 Å². The van der Waals surface area contributed by atoms with Crippen LogP contribution < -0.4 is 0 Å². The molecule has 0 aliphatic rings. The van der Waals surface area contributed by atoms with E-state index in [1.165, 1.54) is 0 Å². The number of carbonyl (C=O) groups is 6. The van der Waals surface area contributed by atoms with E-state index in [0.717, 1.165) is 57.8 Å². The molecule has 0 aromatic carbocycles. The lowest BCUT2D eigenvalue weighted by molar-refractivity contribution is -0.160. The molecule has 0 aromatic rings. The Morgan fingerprint density at radius 1 is 0.533 bits per heavy atom. The van der Waals surface area contributed by atoms with E-state index in [-0.39, 0.29) is 0 Å². The van der Waals surface area contributed by atoms with Crippen molar-refractivity contribution in [1.29, 1.82) is 0 Å². The third-order valence-electron chi connectivity index (χ3n) is 2.78. The first kappa shape index (κ1) is 26.0. The van der Waals surface area contributed by atoms with Crippen molar-refractivity contribution in [1.82, 2.24) is 0 Å². The third-order valence-corrected chi connectivity index (χ3v) is 2.78. The Hall–Kier alpha value is -3.96. The Morgan fingerprint density at radius 3 is 1.17 bits per heavy atom. The second-order valence-corrected chi connectivity index (χ2v) is 4.89. The summed E-state index contributed by atoms with van der Waals surface area (Å²) in [6, 6.07) is 0. The van der Waals surface area contributed by atoms with E-state index in [9.17, 15) is 28.8 Å². The summed E-state index contributed by atoms with van der Waals surface area (Å²) >= 11 is 0. The largest absolute Gasteiger partial charge is 0.466 e. The van der Waals surface area contributed by atoms with Crippen molar-refractivity contribution in [2.24, 2.45) is 0 Å². The molecule has 0 saturated heterocycles. The summed E-state index contributed by atoms with van der Waals surface area (Å²) in [4.78, 5) is 67.7. The van der Waals surface area contributed by atoms with Gasteiger partial charge in [-0.25, -0.2) is 28.8 Å². The summed E-state index contributed by atoms with van der Waals surface area (Å²) in [7, 11) is 3.32. The summed E-state index contributed by atoms with van der Waals surface area (Å²) < 4.78 is 27.4. The molecule has 0 saturated carbocycles. The van der Waals surface area contributed by atoms with Crippen molar-refractivity contribution in [2.75, 3.05) is 34.5 Å². The van der Waals surface area contributed by atoms with Gasteiger partial charge in [0.05, 0.1) is 21.3 Å². The number of rotatable bonds is 11. The summed E-state index contributed by atoms with van der Waals surface area (Å²) in [5, 5.41) is 0. The third kappa shape index (κ3) is 13.2. The molecular weight excluding hydrogens is 408 g/mol. The van der Waals surface area contributed by atoms with Crippen molar-refractivity contribution in [2.45, 2.75) is 6.10 Å². The minimum atomic E-state index is -1.27. The first-order valence-corrected chi connectivity index (χ1v) is 8.04. The van der Waals surface area contributed by atoms with Gasteiger partial charge in [-0.15, -0.1) is 0 Å². The monoisotopic (exact) mass is 428 g/mol. The van der Waals surface area contributed by atoms with Gasteiger partial charge in [-0.1, -0.05) is 0 Å². The highest BCUT2D eigenvalue weighted by Gasteiger charge is 2.18. The molecule has 12 nitrogen and oxygen atoms in total. The van der Waals surface area contributed by atoms with Crippen LogP contribution in [0.4, 0.5) is 0 Å². The van der Waals surface area contributed by atoms with Gasteiger partial charge in [0.1, 0.15) is 13.2 Å². The molecule has 1 atom stereocenters. The highest BCUT2D eigenvalue weighted by atomic mass is 16.6. The van der Waals surface area contributed by atoms with Crippen molar-refractivity contribution in [3.05, 3.63) is 36.5 Å². The second-order valence-electron chi connectivity index (χ2n) is 4.89. The number of methoxy groups -OCH3 is 3. The van der Waals surface area contributed by atoms with E-state index in [4.69, 9.17) is 14.2 Å².